The average Bonchev–Trinajstić information content (AvgIpc) is 3.12. The topological polar surface area (TPSA) is 41.3 Å². The van der Waals surface area contributed by atoms with Gasteiger partial charge in [0.15, 0.2) is 0 Å². The highest BCUT2D eigenvalue weighted by Crippen LogP contribution is 2.47. The SMILES string of the molecule is Cc1ccc2c(c1)c1c(n2CC(O)(c2ccncc2)C(C)C)CC2CCC1N2C. The molecule has 4 heteroatoms. The number of rotatable bonds is 4. The molecule has 0 radical (unpaired) electrons. The lowest BCUT2D eigenvalue weighted by Crippen LogP contribution is -2.39. The monoisotopic (exact) mass is 389 g/mol. The molecule has 1 N–H and O–H groups in total. The summed E-state index contributed by atoms with van der Waals surface area (Å²) in [6, 6.07) is 11.8. The summed E-state index contributed by atoms with van der Waals surface area (Å²) in [7, 11) is 2.28. The van der Waals surface area contributed by atoms with Crippen LogP contribution < -0.4 is 0 Å². The summed E-state index contributed by atoms with van der Waals surface area (Å²) < 4.78 is 2.43. The lowest BCUT2D eigenvalue weighted by atomic mass is 9.83. The molecular weight excluding hydrogens is 358 g/mol. The van der Waals surface area contributed by atoms with Crippen molar-refractivity contribution in [2.45, 2.75) is 64.3 Å². The van der Waals surface area contributed by atoms with Crippen molar-refractivity contribution in [3.8, 4) is 0 Å². The predicted molar refractivity (Wildman–Crippen MR) is 117 cm³/mol. The normalized spacial score (nSPS) is 23.5. The Bertz CT molecular complexity index is 1050. The highest BCUT2D eigenvalue weighted by molar-refractivity contribution is 5.87. The van der Waals surface area contributed by atoms with Gasteiger partial charge < -0.3 is 9.67 Å². The molecule has 0 saturated carbocycles. The number of aryl methyl sites for hydroxylation is 1. The lowest BCUT2D eigenvalue weighted by Gasteiger charge is -2.36. The molecule has 2 aliphatic heterocycles. The van der Waals surface area contributed by atoms with Gasteiger partial charge in [0, 0.05) is 47.5 Å². The number of benzene rings is 1. The summed E-state index contributed by atoms with van der Waals surface area (Å²) in [6.07, 6.45) is 7.14. The Labute approximate surface area is 173 Å². The Morgan fingerprint density at radius 1 is 1.17 bits per heavy atom. The van der Waals surface area contributed by atoms with Crippen LogP contribution in [0.15, 0.2) is 42.7 Å². The molecule has 3 unspecified atom stereocenters. The first kappa shape index (κ1) is 18.8. The standard InChI is InChI=1S/C25H31N3O/c1-16(2)25(29,18-9-11-26-12-10-18)15-28-21-7-5-17(3)13-20(21)24-22-8-6-19(27(22)4)14-23(24)28/h5,7,9-13,16,19,22,29H,6,8,14-15H2,1-4H3. The quantitative estimate of drug-likeness (QED) is 0.710. The van der Waals surface area contributed by atoms with E-state index in [1.165, 1.54) is 40.6 Å². The van der Waals surface area contributed by atoms with Crippen LogP contribution in [0.25, 0.3) is 10.9 Å². The fourth-order valence-corrected chi connectivity index (χ4v) is 5.64. The second kappa shape index (κ2) is 6.68. The van der Waals surface area contributed by atoms with Gasteiger partial charge in [-0.05, 0) is 68.1 Å². The van der Waals surface area contributed by atoms with E-state index < -0.39 is 5.60 Å². The molecule has 0 spiro atoms. The minimum Gasteiger partial charge on any atom is -0.383 e. The van der Waals surface area contributed by atoms with Crippen LogP contribution in [-0.2, 0) is 18.6 Å². The maximum absolute atomic E-state index is 11.9. The van der Waals surface area contributed by atoms with Crippen LogP contribution in [0.2, 0.25) is 0 Å². The molecule has 29 heavy (non-hydrogen) atoms. The molecule has 3 atom stereocenters. The van der Waals surface area contributed by atoms with Gasteiger partial charge in [0.05, 0.1) is 6.54 Å². The smallest absolute Gasteiger partial charge is 0.110 e. The zero-order valence-electron chi connectivity index (χ0n) is 17.9. The molecule has 0 aliphatic carbocycles. The molecular formula is C25H31N3O. The van der Waals surface area contributed by atoms with E-state index in [2.05, 4.69) is 60.5 Å². The number of hydrogen-bond acceptors (Lipinski definition) is 3. The van der Waals surface area contributed by atoms with Crippen molar-refractivity contribution in [2.75, 3.05) is 7.05 Å². The molecule has 1 saturated heterocycles. The number of aliphatic hydroxyl groups is 1. The Kier molecular flexibility index (Phi) is 4.34. The average molecular weight is 390 g/mol. The van der Waals surface area contributed by atoms with Gasteiger partial charge in [0.25, 0.3) is 0 Å². The second-order valence-corrected chi connectivity index (χ2v) is 9.40. The van der Waals surface area contributed by atoms with Crippen LogP contribution in [0.1, 0.15) is 55.1 Å². The van der Waals surface area contributed by atoms with Crippen molar-refractivity contribution in [2.24, 2.45) is 5.92 Å². The third kappa shape index (κ3) is 2.77. The van der Waals surface area contributed by atoms with E-state index in [0.29, 0.717) is 18.6 Å². The van der Waals surface area contributed by atoms with Gasteiger partial charge in [-0.1, -0.05) is 25.5 Å². The van der Waals surface area contributed by atoms with Crippen LogP contribution >= 0.6 is 0 Å². The summed E-state index contributed by atoms with van der Waals surface area (Å²) in [5.41, 5.74) is 5.50. The highest BCUT2D eigenvalue weighted by atomic mass is 16.3. The molecule has 152 valence electrons. The van der Waals surface area contributed by atoms with Gasteiger partial charge in [-0.3, -0.25) is 9.88 Å². The molecule has 2 bridgehead atoms. The number of nitrogens with zero attached hydrogens (tertiary/aromatic N) is 3. The minimum atomic E-state index is -0.935. The zero-order chi connectivity index (χ0) is 20.3. The van der Waals surface area contributed by atoms with Crippen molar-refractivity contribution in [3.05, 3.63) is 65.1 Å². The van der Waals surface area contributed by atoms with Crippen LogP contribution in [0.4, 0.5) is 0 Å². The molecule has 2 aliphatic rings. The van der Waals surface area contributed by atoms with Gasteiger partial charge in [0.1, 0.15) is 5.60 Å². The predicted octanol–water partition coefficient (Wildman–Crippen LogP) is 4.58. The molecule has 2 aromatic heterocycles. The Balaban J connectivity index is 1.71. The number of hydrogen-bond donors (Lipinski definition) is 1. The molecule has 4 nitrogen and oxygen atoms in total. The summed E-state index contributed by atoms with van der Waals surface area (Å²) in [5, 5.41) is 13.3. The zero-order valence-corrected chi connectivity index (χ0v) is 17.9. The van der Waals surface area contributed by atoms with Crippen molar-refractivity contribution in [3.63, 3.8) is 0 Å². The maximum atomic E-state index is 11.9. The molecule has 4 heterocycles. The van der Waals surface area contributed by atoms with Gasteiger partial charge in [-0.15, -0.1) is 0 Å². The van der Waals surface area contributed by atoms with Crippen molar-refractivity contribution < 1.29 is 5.11 Å². The Morgan fingerprint density at radius 2 is 1.93 bits per heavy atom. The third-order valence-electron chi connectivity index (χ3n) is 7.51. The molecule has 0 amide bonds. The maximum Gasteiger partial charge on any atom is 0.110 e. The summed E-state index contributed by atoms with van der Waals surface area (Å²) in [5.74, 6) is 0.0893. The van der Waals surface area contributed by atoms with Gasteiger partial charge in [-0.25, -0.2) is 0 Å². The fourth-order valence-electron chi connectivity index (χ4n) is 5.64. The summed E-state index contributed by atoms with van der Waals surface area (Å²) in [4.78, 5) is 6.73. The number of fused-ring (bicyclic) bond motifs is 6. The van der Waals surface area contributed by atoms with E-state index in [4.69, 9.17) is 0 Å². The number of aromatic nitrogens is 2. The fraction of sp³-hybridized carbons (Fsp3) is 0.480. The van der Waals surface area contributed by atoms with Gasteiger partial charge in [0.2, 0.25) is 0 Å². The molecule has 5 rings (SSSR count). The molecule has 3 aromatic rings. The largest absolute Gasteiger partial charge is 0.383 e. The Morgan fingerprint density at radius 3 is 2.66 bits per heavy atom. The van der Waals surface area contributed by atoms with E-state index in [-0.39, 0.29) is 5.92 Å². The van der Waals surface area contributed by atoms with E-state index in [1.807, 2.05) is 12.1 Å². The first-order valence-electron chi connectivity index (χ1n) is 10.9. The summed E-state index contributed by atoms with van der Waals surface area (Å²) in [6.45, 7) is 6.97. The van der Waals surface area contributed by atoms with Crippen LogP contribution in [0.3, 0.4) is 0 Å². The third-order valence-corrected chi connectivity index (χ3v) is 7.51. The van der Waals surface area contributed by atoms with E-state index in [0.717, 1.165) is 12.0 Å². The van der Waals surface area contributed by atoms with Crippen molar-refractivity contribution in [1.82, 2.24) is 14.5 Å². The highest BCUT2D eigenvalue weighted by Gasteiger charge is 2.42. The first-order valence-corrected chi connectivity index (χ1v) is 10.9. The Hall–Kier alpha value is -2.17. The van der Waals surface area contributed by atoms with Crippen LogP contribution in [0.5, 0.6) is 0 Å². The molecule has 1 fully saturated rings. The van der Waals surface area contributed by atoms with Crippen molar-refractivity contribution in [1.29, 1.82) is 0 Å². The van der Waals surface area contributed by atoms with E-state index in [1.54, 1.807) is 12.4 Å². The van der Waals surface area contributed by atoms with Gasteiger partial charge >= 0.3 is 0 Å². The lowest BCUT2D eigenvalue weighted by molar-refractivity contribution is -0.0264. The van der Waals surface area contributed by atoms with E-state index >= 15 is 0 Å². The van der Waals surface area contributed by atoms with Crippen LogP contribution in [0, 0.1) is 12.8 Å². The van der Waals surface area contributed by atoms with Crippen LogP contribution in [-0.4, -0.2) is 32.6 Å². The van der Waals surface area contributed by atoms with Crippen molar-refractivity contribution >= 4 is 10.9 Å². The second-order valence-electron chi connectivity index (χ2n) is 9.40. The molecule has 1 aromatic carbocycles. The number of likely N-dealkylation sites (N-methyl/N-ethyl adjacent to an activating group) is 1. The van der Waals surface area contributed by atoms with E-state index in [9.17, 15) is 5.11 Å². The number of pyridine rings is 1. The summed E-state index contributed by atoms with van der Waals surface area (Å²) >= 11 is 0. The minimum absolute atomic E-state index is 0.0893. The van der Waals surface area contributed by atoms with Gasteiger partial charge in [-0.2, -0.15) is 0 Å². The first-order chi connectivity index (χ1) is 13.9.